The van der Waals surface area contributed by atoms with Crippen LogP contribution in [0.3, 0.4) is 0 Å². The third-order valence-electron chi connectivity index (χ3n) is 2.67. The fourth-order valence-electron chi connectivity index (χ4n) is 1.71. The van der Waals surface area contributed by atoms with E-state index in [0.29, 0.717) is 0 Å². The highest BCUT2D eigenvalue weighted by atomic mass is 35.5. The molecule has 0 bridgehead atoms. The number of nitrogens with two attached hydrogens (primary N) is 1. The average Bonchev–Trinajstić information content (AvgIpc) is 2.87. The number of aryl methyl sites for hydroxylation is 1. The van der Waals surface area contributed by atoms with Crippen molar-refractivity contribution < 1.29 is 0 Å². The Balaban J connectivity index is 2.29. The molecule has 0 saturated heterocycles. The van der Waals surface area contributed by atoms with Crippen molar-refractivity contribution in [3.05, 3.63) is 39.1 Å². The summed E-state index contributed by atoms with van der Waals surface area (Å²) in [4.78, 5) is 5.70. The van der Waals surface area contributed by atoms with Gasteiger partial charge in [-0.1, -0.05) is 18.5 Å². The van der Waals surface area contributed by atoms with Crippen molar-refractivity contribution in [1.29, 1.82) is 0 Å². The summed E-state index contributed by atoms with van der Waals surface area (Å²) in [7, 11) is 0. The highest BCUT2D eigenvalue weighted by Crippen LogP contribution is 2.24. The average molecular weight is 270 g/mol. The van der Waals surface area contributed by atoms with Crippen molar-refractivity contribution in [3.63, 3.8) is 0 Å². The van der Waals surface area contributed by atoms with E-state index in [2.05, 4.69) is 16.5 Å². The zero-order chi connectivity index (χ0) is 12.4. The summed E-state index contributed by atoms with van der Waals surface area (Å²) >= 11 is 7.78. The lowest BCUT2D eigenvalue weighted by atomic mass is 10.3. The first kappa shape index (κ1) is 12.6. The van der Waals surface area contributed by atoms with Crippen LogP contribution >= 0.6 is 22.9 Å². The molecule has 3 nitrogen and oxygen atoms in total. The lowest BCUT2D eigenvalue weighted by Crippen LogP contribution is -2.05. The zero-order valence-corrected chi connectivity index (χ0v) is 11.6. The molecule has 2 aromatic heterocycles. The Hall–Kier alpha value is -0.840. The molecule has 0 aliphatic heterocycles. The molecule has 0 spiro atoms. The first-order valence-corrected chi connectivity index (χ1v) is 6.91. The van der Waals surface area contributed by atoms with E-state index in [-0.39, 0.29) is 6.04 Å². The van der Waals surface area contributed by atoms with Crippen LogP contribution in [-0.4, -0.2) is 9.55 Å². The molecule has 2 rings (SSSR count). The van der Waals surface area contributed by atoms with Crippen molar-refractivity contribution in [1.82, 2.24) is 9.55 Å². The fraction of sp³-hybridized carbons (Fsp3) is 0.417. The number of imidazole rings is 1. The van der Waals surface area contributed by atoms with Gasteiger partial charge in [-0.05, 0) is 18.4 Å². The van der Waals surface area contributed by atoms with Gasteiger partial charge in [0, 0.05) is 23.5 Å². The van der Waals surface area contributed by atoms with E-state index in [1.165, 1.54) is 0 Å². The second-order valence-corrected chi connectivity index (χ2v) is 5.45. The van der Waals surface area contributed by atoms with E-state index in [9.17, 15) is 0 Å². The first-order valence-electron chi connectivity index (χ1n) is 5.65. The van der Waals surface area contributed by atoms with Crippen LogP contribution in [0.15, 0.2) is 17.6 Å². The largest absolute Gasteiger partial charge is 0.329 e. The second-order valence-electron chi connectivity index (χ2n) is 4.04. The molecule has 5 heteroatoms. The van der Waals surface area contributed by atoms with E-state index < -0.39 is 0 Å². The van der Waals surface area contributed by atoms with Crippen LogP contribution in [0.1, 0.15) is 36.3 Å². The highest BCUT2D eigenvalue weighted by molar-refractivity contribution is 7.10. The molecule has 2 aromatic rings. The van der Waals surface area contributed by atoms with E-state index >= 15 is 0 Å². The summed E-state index contributed by atoms with van der Waals surface area (Å²) in [5.41, 5.74) is 6.79. The van der Waals surface area contributed by atoms with Gasteiger partial charge in [0.1, 0.15) is 5.82 Å². The smallest absolute Gasteiger partial charge is 0.109 e. The first-order chi connectivity index (χ1) is 8.11. The standard InChI is InChI=1S/C12H16ClN3S/c1-3-12-15-10(8(2)14)6-16(12)7-11-9(13)4-5-17-11/h4-6,8H,3,7,14H2,1-2H3. The molecule has 1 unspecified atom stereocenters. The second kappa shape index (κ2) is 5.21. The Morgan fingerprint density at radius 3 is 2.88 bits per heavy atom. The van der Waals surface area contributed by atoms with Crippen molar-refractivity contribution >= 4 is 22.9 Å². The van der Waals surface area contributed by atoms with Crippen molar-refractivity contribution in [2.45, 2.75) is 32.9 Å². The van der Waals surface area contributed by atoms with Gasteiger partial charge in [-0.3, -0.25) is 0 Å². The number of aromatic nitrogens is 2. The number of nitrogens with zero attached hydrogens (tertiary/aromatic N) is 2. The van der Waals surface area contributed by atoms with Crippen LogP contribution in [-0.2, 0) is 13.0 Å². The number of hydrogen-bond donors (Lipinski definition) is 1. The number of rotatable bonds is 4. The molecule has 0 aliphatic rings. The Morgan fingerprint density at radius 2 is 2.35 bits per heavy atom. The Kier molecular flexibility index (Phi) is 3.86. The van der Waals surface area contributed by atoms with Gasteiger partial charge in [-0.15, -0.1) is 11.3 Å². The normalized spacial score (nSPS) is 12.9. The molecular weight excluding hydrogens is 254 g/mol. The van der Waals surface area contributed by atoms with Crippen LogP contribution in [0.25, 0.3) is 0 Å². The number of thiophene rings is 1. The maximum absolute atomic E-state index is 6.11. The van der Waals surface area contributed by atoms with Gasteiger partial charge in [-0.2, -0.15) is 0 Å². The van der Waals surface area contributed by atoms with Gasteiger partial charge in [0.25, 0.3) is 0 Å². The summed E-state index contributed by atoms with van der Waals surface area (Å²) in [5.74, 6) is 1.06. The lowest BCUT2D eigenvalue weighted by Gasteiger charge is -2.04. The topological polar surface area (TPSA) is 43.8 Å². The van der Waals surface area contributed by atoms with Crippen LogP contribution in [0.2, 0.25) is 5.02 Å². The minimum absolute atomic E-state index is 0.0274. The van der Waals surface area contributed by atoms with E-state index in [1.807, 2.05) is 24.6 Å². The maximum Gasteiger partial charge on any atom is 0.109 e. The Labute approximate surface area is 110 Å². The predicted octanol–water partition coefficient (Wildman–Crippen LogP) is 3.23. The van der Waals surface area contributed by atoms with Crippen molar-refractivity contribution in [2.75, 3.05) is 0 Å². The third kappa shape index (κ3) is 2.70. The molecule has 0 aliphatic carbocycles. The summed E-state index contributed by atoms with van der Waals surface area (Å²) in [6.07, 6.45) is 2.93. The molecule has 0 fully saturated rings. The van der Waals surface area contributed by atoms with Crippen molar-refractivity contribution in [2.24, 2.45) is 5.73 Å². The van der Waals surface area contributed by atoms with Crippen LogP contribution < -0.4 is 5.73 Å². The molecule has 0 amide bonds. The minimum atomic E-state index is -0.0274. The molecule has 0 aromatic carbocycles. The van der Waals surface area contributed by atoms with Gasteiger partial charge in [0.05, 0.1) is 17.3 Å². The lowest BCUT2D eigenvalue weighted by molar-refractivity contribution is 0.740. The quantitative estimate of drug-likeness (QED) is 0.926. The SMILES string of the molecule is CCc1nc(C(C)N)cn1Cc1sccc1Cl. The van der Waals surface area contributed by atoms with Gasteiger partial charge in [-0.25, -0.2) is 4.98 Å². The van der Waals surface area contributed by atoms with E-state index in [0.717, 1.165) is 34.4 Å². The number of hydrogen-bond acceptors (Lipinski definition) is 3. The minimum Gasteiger partial charge on any atom is -0.329 e. The summed E-state index contributed by atoms with van der Waals surface area (Å²) < 4.78 is 2.14. The molecule has 2 N–H and O–H groups in total. The third-order valence-corrected chi connectivity index (χ3v) is 4.04. The number of halogens is 1. The molecule has 2 heterocycles. The molecule has 1 atom stereocenters. The Morgan fingerprint density at radius 1 is 1.59 bits per heavy atom. The fourth-order valence-corrected chi connectivity index (χ4v) is 2.80. The highest BCUT2D eigenvalue weighted by Gasteiger charge is 2.11. The van der Waals surface area contributed by atoms with Gasteiger partial charge >= 0.3 is 0 Å². The van der Waals surface area contributed by atoms with Gasteiger partial charge < -0.3 is 10.3 Å². The molecule has 0 saturated carbocycles. The van der Waals surface area contributed by atoms with Crippen LogP contribution in [0.5, 0.6) is 0 Å². The van der Waals surface area contributed by atoms with E-state index in [4.69, 9.17) is 17.3 Å². The Bertz CT molecular complexity index is 502. The summed E-state index contributed by atoms with van der Waals surface area (Å²) in [6, 6.07) is 1.90. The van der Waals surface area contributed by atoms with Crippen LogP contribution in [0, 0.1) is 0 Å². The monoisotopic (exact) mass is 269 g/mol. The molecule has 92 valence electrons. The van der Waals surface area contributed by atoms with E-state index in [1.54, 1.807) is 11.3 Å². The van der Waals surface area contributed by atoms with Crippen LogP contribution in [0.4, 0.5) is 0 Å². The molecular formula is C12H16ClN3S. The zero-order valence-electron chi connectivity index (χ0n) is 9.98. The summed E-state index contributed by atoms with van der Waals surface area (Å²) in [6.45, 7) is 4.82. The van der Waals surface area contributed by atoms with Crippen molar-refractivity contribution in [3.8, 4) is 0 Å². The summed E-state index contributed by atoms with van der Waals surface area (Å²) in [5, 5.41) is 2.83. The maximum atomic E-state index is 6.11. The molecule has 17 heavy (non-hydrogen) atoms. The molecule has 0 radical (unpaired) electrons. The van der Waals surface area contributed by atoms with Gasteiger partial charge in [0.2, 0.25) is 0 Å². The predicted molar refractivity (Wildman–Crippen MR) is 72.6 cm³/mol. The van der Waals surface area contributed by atoms with Gasteiger partial charge in [0.15, 0.2) is 0 Å².